The molecule has 3 heterocycles. The molecule has 0 spiro atoms. The molecule has 4 nitrogen and oxygen atoms in total. The van der Waals surface area contributed by atoms with Gasteiger partial charge in [-0.1, -0.05) is 23.5 Å². The van der Waals surface area contributed by atoms with Crippen LogP contribution in [0.4, 0.5) is 9.52 Å². The molecule has 1 unspecified atom stereocenters. The lowest BCUT2D eigenvalue weighted by atomic mass is 10.2. The molecule has 0 amide bonds. The molecule has 1 aromatic carbocycles. The van der Waals surface area contributed by atoms with Crippen molar-refractivity contribution in [2.75, 3.05) is 11.4 Å². The fraction of sp³-hybridized carbons (Fsp3) is 0.294. The largest absolute Gasteiger partial charge is 0.467 e. The maximum Gasteiger partial charge on any atom is 0.208 e. The van der Waals surface area contributed by atoms with E-state index in [4.69, 9.17) is 4.42 Å². The van der Waals surface area contributed by atoms with Gasteiger partial charge in [-0.05, 0) is 42.7 Å². The summed E-state index contributed by atoms with van der Waals surface area (Å²) in [5, 5.41) is 10.5. The number of anilines is 1. The molecule has 2 aromatic heterocycles. The van der Waals surface area contributed by atoms with Gasteiger partial charge in [0.1, 0.15) is 16.6 Å². The second kappa shape index (κ2) is 6.12. The molecule has 0 radical (unpaired) electrons. The lowest BCUT2D eigenvalue weighted by Gasteiger charge is -2.21. The summed E-state index contributed by atoms with van der Waals surface area (Å²) in [6.45, 7) is 0.969. The smallest absolute Gasteiger partial charge is 0.208 e. The fourth-order valence-electron chi connectivity index (χ4n) is 2.98. The van der Waals surface area contributed by atoms with E-state index >= 15 is 0 Å². The van der Waals surface area contributed by atoms with Crippen LogP contribution in [-0.2, 0) is 6.42 Å². The minimum Gasteiger partial charge on any atom is -0.467 e. The molecule has 0 aliphatic carbocycles. The molecular weight excluding hydrogens is 313 g/mol. The third kappa shape index (κ3) is 2.99. The first-order valence-corrected chi connectivity index (χ1v) is 8.48. The summed E-state index contributed by atoms with van der Waals surface area (Å²) in [6.07, 6.45) is 4.59. The quantitative estimate of drug-likeness (QED) is 0.719. The van der Waals surface area contributed by atoms with Gasteiger partial charge in [0, 0.05) is 13.0 Å². The molecule has 1 atom stereocenters. The van der Waals surface area contributed by atoms with E-state index in [0.717, 1.165) is 40.8 Å². The normalized spacial score (nSPS) is 17.8. The highest BCUT2D eigenvalue weighted by molar-refractivity contribution is 7.15. The van der Waals surface area contributed by atoms with Gasteiger partial charge in [-0.3, -0.25) is 0 Å². The second-order valence-electron chi connectivity index (χ2n) is 5.65. The van der Waals surface area contributed by atoms with Crippen molar-refractivity contribution in [2.45, 2.75) is 25.3 Å². The Balaban J connectivity index is 1.52. The molecule has 3 aromatic rings. The van der Waals surface area contributed by atoms with Crippen LogP contribution >= 0.6 is 11.3 Å². The molecule has 1 aliphatic heterocycles. The Hall–Kier alpha value is -2.21. The first-order valence-electron chi connectivity index (χ1n) is 7.66. The highest BCUT2D eigenvalue weighted by atomic mass is 32.1. The van der Waals surface area contributed by atoms with Crippen LogP contribution in [0.2, 0.25) is 0 Å². The van der Waals surface area contributed by atoms with E-state index in [0.29, 0.717) is 6.42 Å². The number of halogens is 1. The van der Waals surface area contributed by atoms with Crippen molar-refractivity contribution >= 4 is 16.5 Å². The molecule has 118 valence electrons. The van der Waals surface area contributed by atoms with Gasteiger partial charge >= 0.3 is 0 Å². The number of aromatic nitrogens is 2. The van der Waals surface area contributed by atoms with Crippen molar-refractivity contribution in [3.63, 3.8) is 0 Å². The lowest BCUT2D eigenvalue weighted by Crippen LogP contribution is -2.21. The molecule has 4 rings (SSSR count). The van der Waals surface area contributed by atoms with Gasteiger partial charge in [-0.15, -0.1) is 10.2 Å². The van der Waals surface area contributed by atoms with Crippen molar-refractivity contribution in [2.24, 2.45) is 0 Å². The zero-order valence-corrected chi connectivity index (χ0v) is 13.3. The number of hydrogen-bond donors (Lipinski definition) is 0. The summed E-state index contributed by atoms with van der Waals surface area (Å²) in [5.41, 5.74) is 1.04. The Labute approximate surface area is 137 Å². The van der Waals surface area contributed by atoms with Gasteiger partial charge in [0.05, 0.1) is 12.3 Å². The van der Waals surface area contributed by atoms with Gasteiger partial charge in [0.2, 0.25) is 5.13 Å². The van der Waals surface area contributed by atoms with E-state index in [1.807, 2.05) is 12.1 Å². The first kappa shape index (κ1) is 14.4. The Bertz CT molecular complexity index is 770. The summed E-state index contributed by atoms with van der Waals surface area (Å²) < 4.78 is 18.5. The van der Waals surface area contributed by atoms with Gasteiger partial charge in [0.25, 0.3) is 0 Å². The zero-order chi connectivity index (χ0) is 15.6. The van der Waals surface area contributed by atoms with Crippen LogP contribution in [0.15, 0.2) is 47.1 Å². The van der Waals surface area contributed by atoms with E-state index in [2.05, 4.69) is 15.1 Å². The predicted octanol–water partition coefficient (Wildman–Crippen LogP) is 4.20. The van der Waals surface area contributed by atoms with Gasteiger partial charge in [-0.25, -0.2) is 4.39 Å². The molecule has 23 heavy (non-hydrogen) atoms. The Morgan fingerprint density at radius 3 is 2.87 bits per heavy atom. The highest BCUT2D eigenvalue weighted by Gasteiger charge is 2.30. The molecule has 0 N–H and O–H groups in total. The van der Waals surface area contributed by atoms with Crippen LogP contribution in [0, 0.1) is 5.82 Å². The minimum atomic E-state index is -0.218. The van der Waals surface area contributed by atoms with Gasteiger partial charge < -0.3 is 9.32 Å². The fourth-order valence-corrected chi connectivity index (χ4v) is 3.93. The van der Waals surface area contributed by atoms with E-state index in [1.165, 1.54) is 12.1 Å². The second-order valence-corrected chi connectivity index (χ2v) is 6.69. The Morgan fingerprint density at radius 2 is 2.09 bits per heavy atom. The molecule has 1 aliphatic rings. The minimum absolute atomic E-state index is 0.218. The van der Waals surface area contributed by atoms with Crippen molar-refractivity contribution in [1.82, 2.24) is 10.2 Å². The standard InChI is InChI=1S/C17H16FN3OS/c18-13-7-5-12(6-8-13)11-16-19-20-17(23-16)21-9-1-3-14(21)15-4-2-10-22-15/h2,4-8,10,14H,1,3,9,11H2. The van der Waals surface area contributed by atoms with E-state index in [1.54, 1.807) is 29.7 Å². The van der Waals surface area contributed by atoms with E-state index < -0.39 is 0 Å². The number of benzene rings is 1. The van der Waals surface area contributed by atoms with Crippen LogP contribution in [-0.4, -0.2) is 16.7 Å². The van der Waals surface area contributed by atoms with Crippen molar-refractivity contribution in [3.05, 3.63) is 64.8 Å². The zero-order valence-electron chi connectivity index (χ0n) is 12.5. The summed E-state index contributed by atoms with van der Waals surface area (Å²) in [4.78, 5) is 2.27. The maximum atomic E-state index is 13.0. The van der Waals surface area contributed by atoms with E-state index in [9.17, 15) is 4.39 Å². The van der Waals surface area contributed by atoms with E-state index in [-0.39, 0.29) is 11.9 Å². The van der Waals surface area contributed by atoms with Crippen molar-refractivity contribution < 1.29 is 8.81 Å². The highest BCUT2D eigenvalue weighted by Crippen LogP contribution is 2.37. The number of rotatable bonds is 4. The Kier molecular flexibility index (Phi) is 3.83. The third-order valence-electron chi connectivity index (χ3n) is 4.09. The molecule has 0 saturated carbocycles. The van der Waals surface area contributed by atoms with Gasteiger partial charge in [0.15, 0.2) is 0 Å². The van der Waals surface area contributed by atoms with Crippen LogP contribution in [0.1, 0.15) is 35.2 Å². The summed E-state index contributed by atoms with van der Waals surface area (Å²) in [5.74, 6) is 0.767. The Morgan fingerprint density at radius 1 is 1.22 bits per heavy atom. The summed E-state index contributed by atoms with van der Waals surface area (Å²) >= 11 is 1.60. The number of nitrogens with zero attached hydrogens (tertiary/aromatic N) is 3. The molecule has 6 heteroatoms. The molecular formula is C17H16FN3OS. The molecule has 1 saturated heterocycles. The number of hydrogen-bond acceptors (Lipinski definition) is 5. The third-order valence-corrected chi connectivity index (χ3v) is 5.06. The first-order chi connectivity index (χ1) is 11.3. The number of furan rings is 1. The average molecular weight is 329 g/mol. The summed E-state index contributed by atoms with van der Waals surface area (Å²) in [6, 6.07) is 10.7. The maximum absolute atomic E-state index is 13.0. The summed E-state index contributed by atoms with van der Waals surface area (Å²) in [7, 11) is 0. The molecule has 1 fully saturated rings. The van der Waals surface area contributed by atoms with Crippen LogP contribution < -0.4 is 4.90 Å². The van der Waals surface area contributed by atoms with Gasteiger partial charge in [-0.2, -0.15) is 0 Å². The van der Waals surface area contributed by atoms with Crippen LogP contribution in [0.25, 0.3) is 0 Å². The molecule has 0 bridgehead atoms. The monoisotopic (exact) mass is 329 g/mol. The topological polar surface area (TPSA) is 42.2 Å². The van der Waals surface area contributed by atoms with Crippen molar-refractivity contribution in [3.8, 4) is 0 Å². The van der Waals surface area contributed by atoms with Crippen LogP contribution in [0.5, 0.6) is 0 Å². The SMILES string of the molecule is Fc1ccc(Cc2nnc(N3CCCC3c3ccco3)s2)cc1. The van der Waals surface area contributed by atoms with Crippen molar-refractivity contribution in [1.29, 1.82) is 0 Å². The predicted molar refractivity (Wildman–Crippen MR) is 87.1 cm³/mol. The average Bonchev–Trinajstić information content (AvgIpc) is 3.30. The van der Waals surface area contributed by atoms with Crippen LogP contribution in [0.3, 0.4) is 0 Å². The lowest BCUT2D eigenvalue weighted by molar-refractivity contribution is 0.465.